The average Bonchev–Trinajstić information content (AvgIpc) is 3.55. The van der Waals surface area contributed by atoms with Gasteiger partial charge in [-0.2, -0.15) is 11.8 Å². The molecule has 2 heterocycles. The van der Waals surface area contributed by atoms with E-state index < -0.39 is 0 Å². The number of benzene rings is 1. The van der Waals surface area contributed by atoms with Gasteiger partial charge < -0.3 is 10.1 Å². The molecule has 6 heteroatoms. The van der Waals surface area contributed by atoms with Crippen LogP contribution in [0.15, 0.2) is 55.0 Å². The van der Waals surface area contributed by atoms with E-state index >= 15 is 0 Å². The Bertz CT molecular complexity index is 897. The summed E-state index contributed by atoms with van der Waals surface area (Å²) in [6.45, 7) is 2.76. The Morgan fingerprint density at radius 2 is 1.86 bits per heavy atom. The van der Waals surface area contributed by atoms with Crippen LogP contribution < -0.4 is 10.1 Å². The lowest BCUT2D eigenvalue weighted by atomic mass is 10.1. The normalized spacial score (nSPS) is 12.7. The number of nitrogens with one attached hydrogen (secondary N) is 1. The van der Waals surface area contributed by atoms with Gasteiger partial charge in [-0.15, -0.1) is 0 Å². The minimum absolute atomic E-state index is 0.414. The maximum atomic E-state index is 5.99. The first-order valence-electron chi connectivity index (χ1n) is 9.83. The third kappa shape index (κ3) is 6.75. The van der Waals surface area contributed by atoms with Crippen LogP contribution in [0.25, 0.3) is 11.3 Å². The van der Waals surface area contributed by atoms with Gasteiger partial charge >= 0.3 is 0 Å². The zero-order chi connectivity index (χ0) is 20.5. The van der Waals surface area contributed by atoms with Crippen molar-refractivity contribution < 1.29 is 4.74 Å². The van der Waals surface area contributed by atoms with E-state index in [4.69, 9.17) is 4.74 Å². The lowest BCUT2D eigenvalue weighted by Gasteiger charge is -2.11. The fourth-order valence-electron chi connectivity index (χ4n) is 2.75. The van der Waals surface area contributed by atoms with Crippen LogP contribution in [0.2, 0.25) is 0 Å². The smallest absolute Gasteiger partial charge is 0.129 e. The van der Waals surface area contributed by atoms with E-state index in [9.17, 15) is 0 Å². The predicted octanol–water partition coefficient (Wildman–Crippen LogP) is 5.02. The summed E-state index contributed by atoms with van der Waals surface area (Å²) in [5, 5.41) is 3.38. The van der Waals surface area contributed by atoms with Crippen molar-refractivity contribution in [3.8, 4) is 17.0 Å². The molecular formula is C23H28N4OS. The summed E-state index contributed by atoms with van der Waals surface area (Å²) in [6, 6.07) is 14.2. The molecule has 3 aromatic rings. The molecule has 1 N–H and O–H groups in total. The van der Waals surface area contributed by atoms with Crippen LogP contribution in [0.3, 0.4) is 0 Å². The van der Waals surface area contributed by atoms with E-state index in [-0.39, 0.29) is 0 Å². The zero-order valence-electron chi connectivity index (χ0n) is 17.3. The van der Waals surface area contributed by atoms with E-state index in [1.165, 1.54) is 18.4 Å². The molecule has 1 aliphatic rings. The molecule has 1 aromatic carbocycles. The third-order valence-corrected chi connectivity index (χ3v) is 4.37. The molecule has 1 saturated carbocycles. The molecule has 0 unspecified atom stereocenters. The number of aryl methyl sites for hydroxylation is 1. The van der Waals surface area contributed by atoms with Crippen molar-refractivity contribution in [1.29, 1.82) is 0 Å². The number of hydrogen-bond acceptors (Lipinski definition) is 6. The zero-order valence-corrected chi connectivity index (χ0v) is 18.1. The molecule has 4 rings (SSSR count). The van der Waals surface area contributed by atoms with Crippen molar-refractivity contribution in [2.45, 2.75) is 32.3 Å². The molecule has 152 valence electrons. The van der Waals surface area contributed by atoms with Crippen LogP contribution in [0, 0.1) is 6.92 Å². The summed E-state index contributed by atoms with van der Waals surface area (Å²) < 4.78 is 5.99. The maximum absolute atomic E-state index is 5.99. The third-order valence-electron chi connectivity index (χ3n) is 4.37. The lowest BCUT2D eigenvalue weighted by molar-refractivity contribution is 0.300. The van der Waals surface area contributed by atoms with Crippen molar-refractivity contribution in [3.63, 3.8) is 0 Å². The van der Waals surface area contributed by atoms with E-state index in [1.807, 2.05) is 49.9 Å². The second-order valence-electron chi connectivity index (χ2n) is 6.99. The SMILES string of the molecule is CSC.Cc1ccc(-c2cc(NCCc3ccccc3OC3CC3)ncn2)cn1. The van der Waals surface area contributed by atoms with Crippen LogP contribution in [-0.4, -0.2) is 40.1 Å². The topological polar surface area (TPSA) is 59.9 Å². The van der Waals surface area contributed by atoms with Gasteiger partial charge in [0.05, 0.1) is 11.8 Å². The molecule has 0 saturated heterocycles. The number of aromatic nitrogens is 3. The Morgan fingerprint density at radius 1 is 1.07 bits per heavy atom. The van der Waals surface area contributed by atoms with E-state index in [1.54, 1.807) is 18.1 Å². The first-order valence-corrected chi connectivity index (χ1v) is 11.5. The molecule has 1 fully saturated rings. The van der Waals surface area contributed by atoms with Crippen molar-refractivity contribution >= 4 is 17.6 Å². The number of pyridine rings is 1. The van der Waals surface area contributed by atoms with Crippen molar-refractivity contribution in [2.24, 2.45) is 0 Å². The molecule has 5 nitrogen and oxygen atoms in total. The molecular weight excluding hydrogens is 380 g/mol. The lowest BCUT2D eigenvalue weighted by Crippen LogP contribution is -2.08. The van der Waals surface area contributed by atoms with Gasteiger partial charge in [0.15, 0.2) is 0 Å². The first kappa shape index (κ1) is 21.1. The van der Waals surface area contributed by atoms with Gasteiger partial charge in [-0.3, -0.25) is 4.98 Å². The summed E-state index contributed by atoms with van der Waals surface area (Å²) in [4.78, 5) is 13.0. The second-order valence-corrected chi connectivity index (χ2v) is 7.80. The first-order chi connectivity index (χ1) is 14.2. The number of ether oxygens (including phenoxy) is 1. The molecule has 0 radical (unpaired) electrons. The summed E-state index contributed by atoms with van der Waals surface area (Å²) in [6.07, 6.45) is 11.1. The van der Waals surface area contributed by atoms with Gasteiger partial charge in [-0.1, -0.05) is 18.2 Å². The Morgan fingerprint density at radius 3 is 2.59 bits per heavy atom. The van der Waals surface area contributed by atoms with Crippen molar-refractivity contribution in [1.82, 2.24) is 15.0 Å². The van der Waals surface area contributed by atoms with Gasteiger partial charge in [0.1, 0.15) is 17.9 Å². The van der Waals surface area contributed by atoms with Crippen molar-refractivity contribution in [3.05, 3.63) is 66.2 Å². The van der Waals surface area contributed by atoms with Crippen LogP contribution >= 0.6 is 11.8 Å². The van der Waals surface area contributed by atoms with Gasteiger partial charge in [0.2, 0.25) is 0 Å². The number of nitrogens with zero attached hydrogens (tertiary/aromatic N) is 3. The predicted molar refractivity (Wildman–Crippen MR) is 122 cm³/mol. The summed E-state index contributed by atoms with van der Waals surface area (Å²) in [5.74, 6) is 1.82. The minimum Gasteiger partial charge on any atom is -0.490 e. The molecule has 0 amide bonds. The Balaban J connectivity index is 0.000000755. The summed E-state index contributed by atoms with van der Waals surface area (Å²) in [5.41, 5.74) is 4.08. The fourth-order valence-corrected chi connectivity index (χ4v) is 2.75. The van der Waals surface area contributed by atoms with E-state index in [0.717, 1.165) is 41.5 Å². The minimum atomic E-state index is 0.414. The molecule has 0 atom stereocenters. The number of rotatable bonds is 7. The van der Waals surface area contributed by atoms with Crippen LogP contribution in [0.5, 0.6) is 5.75 Å². The molecule has 29 heavy (non-hydrogen) atoms. The molecule has 0 spiro atoms. The number of thioether (sulfide) groups is 1. The Kier molecular flexibility index (Phi) is 7.87. The van der Waals surface area contributed by atoms with Gasteiger partial charge in [0.25, 0.3) is 0 Å². The standard InChI is InChI=1S/C21H22N4O.C2H6S/c1-15-6-7-17(13-23-15)19-12-21(25-14-24-19)22-11-10-16-4-2-3-5-20(16)26-18-8-9-18;1-3-2/h2-7,12-14,18H,8-11H2,1H3,(H,22,24,25);1-2H3. The van der Waals surface area contributed by atoms with E-state index in [2.05, 4.69) is 38.5 Å². The quantitative estimate of drug-likeness (QED) is 0.592. The van der Waals surface area contributed by atoms with Crippen molar-refractivity contribution in [2.75, 3.05) is 24.4 Å². The van der Waals surface area contributed by atoms with Crippen LogP contribution in [0.4, 0.5) is 5.82 Å². The monoisotopic (exact) mass is 408 g/mol. The van der Waals surface area contributed by atoms with Gasteiger partial charge in [0, 0.05) is 30.1 Å². The number of para-hydroxylation sites is 1. The van der Waals surface area contributed by atoms with Gasteiger partial charge in [-0.25, -0.2) is 9.97 Å². The molecule has 0 aliphatic heterocycles. The second kappa shape index (κ2) is 10.8. The largest absolute Gasteiger partial charge is 0.490 e. The molecule has 2 aromatic heterocycles. The highest BCUT2D eigenvalue weighted by Crippen LogP contribution is 2.29. The number of anilines is 1. The molecule has 0 bridgehead atoms. The highest BCUT2D eigenvalue weighted by Gasteiger charge is 2.24. The van der Waals surface area contributed by atoms with Crippen LogP contribution in [0.1, 0.15) is 24.1 Å². The highest BCUT2D eigenvalue weighted by molar-refractivity contribution is 7.97. The Hall–Kier alpha value is -2.60. The van der Waals surface area contributed by atoms with E-state index in [0.29, 0.717) is 6.10 Å². The maximum Gasteiger partial charge on any atom is 0.129 e. The highest BCUT2D eigenvalue weighted by atomic mass is 32.2. The average molecular weight is 409 g/mol. The summed E-state index contributed by atoms with van der Waals surface area (Å²) in [7, 11) is 0. The number of hydrogen-bond donors (Lipinski definition) is 1. The van der Waals surface area contributed by atoms with Gasteiger partial charge in [-0.05, 0) is 62.5 Å². The molecule has 1 aliphatic carbocycles. The Labute approximate surface area is 177 Å². The summed E-state index contributed by atoms with van der Waals surface area (Å²) >= 11 is 1.75. The fraction of sp³-hybridized carbons (Fsp3) is 0.348. The van der Waals surface area contributed by atoms with Crippen LogP contribution in [-0.2, 0) is 6.42 Å².